The van der Waals surface area contributed by atoms with Crippen LogP contribution in [-0.4, -0.2) is 30.1 Å². The fourth-order valence-corrected chi connectivity index (χ4v) is 1.50. The van der Waals surface area contributed by atoms with Crippen LogP contribution in [0.25, 0.3) is 0 Å². The number of carbonyl (C=O) groups is 2. The number of benzene rings is 1. The number of nitrogens with one attached hydrogen (secondary N) is 1. The smallest absolute Gasteiger partial charge is 0.306 e. The van der Waals surface area contributed by atoms with Crippen molar-refractivity contribution in [1.29, 1.82) is 0 Å². The molecule has 1 unspecified atom stereocenters. The summed E-state index contributed by atoms with van der Waals surface area (Å²) in [5.41, 5.74) is 0.534. The van der Waals surface area contributed by atoms with Crippen molar-refractivity contribution in [1.82, 2.24) is 5.32 Å². The Hall–Kier alpha value is -2.04. The van der Waals surface area contributed by atoms with Crippen LogP contribution in [0.1, 0.15) is 30.6 Å². The van der Waals surface area contributed by atoms with Gasteiger partial charge in [0.05, 0.1) is 12.5 Å². The molecule has 5 nitrogen and oxygen atoms in total. The van der Waals surface area contributed by atoms with Crippen LogP contribution in [0, 0.1) is 5.92 Å². The molecule has 1 aromatic rings. The molecule has 1 atom stereocenters. The molecule has 0 aliphatic rings. The number of hydrogen-bond acceptors (Lipinski definition) is 3. The summed E-state index contributed by atoms with van der Waals surface area (Å²) in [6, 6.07) is 6.83. The van der Waals surface area contributed by atoms with Crippen LogP contribution < -0.4 is 10.1 Å². The maximum atomic E-state index is 11.8. The van der Waals surface area contributed by atoms with Gasteiger partial charge in [-0.1, -0.05) is 6.92 Å². The number of rotatable bonds is 7. The van der Waals surface area contributed by atoms with Crippen molar-refractivity contribution < 1.29 is 19.4 Å². The first kappa shape index (κ1) is 15.0. The molecule has 0 aromatic heterocycles. The zero-order chi connectivity index (χ0) is 14.3. The topological polar surface area (TPSA) is 75.6 Å². The number of amides is 1. The summed E-state index contributed by atoms with van der Waals surface area (Å²) >= 11 is 0. The average Bonchev–Trinajstić information content (AvgIpc) is 2.39. The lowest BCUT2D eigenvalue weighted by molar-refractivity contribution is -0.141. The summed E-state index contributed by atoms with van der Waals surface area (Å²) < 4.78 is 5.28. The summed E-state index contributed by atoms with van der Waals surface area (Å²) in [5, 5.41) is 11.4. The fraction of sp³-hybridized carbons (Fsp3) is 0.429. The van der Waals surface area contributed by atoms with Crippen molar-refractivity contribution in [2.45, 2.75) is 20.3 Å². The molecule has 0 spiro atoms. The molecule has 0 heterocycles. The Balaban J connectivity index is 2.43. The van der Waals surface area contributed by atoms with Gasteiger partial charge < -0.3 is 15.2 Å². The van der Waals surface area contributed by atoms with Crippen LogP contribution in [0.2, 0.25) is 0 Å². The Morgan fingerprint density at radius 1 is 1.32 bits per heavy atom. The number of aliphatic carboxylic acids is 1. The first-order valence-corrected chi connectivity index (χ1v) is 6.28. The molecule has 0 bridgehead atoms. The summed E-state index contributed by atoms with van der Waals surface area (Å²) in [7, 11) is 0. The van der Waals surface area contributed by atoms with Crippen LogP contribution in [0.3, 0.4) is 0 Å². The van der Waals surface area contributed by atoms with Crippen molar-refractivity contribution in [2.24, 2.45) is 5.92 Å². The lowest BCUT2D eigenvalue weighted by Crippen LogP contribution is -2.26. The van der Waals surface area contributed by atoms with Crippen molar-refractivity contribution in [3.63, 3.8) is 0 Å². The number of carbonyl (C=O) groups excluding carboxylic acids is 1. The van der Waals surface area contributed by atoms with E-state index in [1.165, 1.54) is 0 Å². The zero-order valence-electron chi connectivity index (χ0n) is 11.2. The number of ether oxygens (including phenoxy) is 1. The average molecular weight is 265 g/mol. The van der Waals surface area contributed by atoms with Gasteiger partial charge in [0.1, 0.15) is 5.75 Å². The molecule has 0 saturated heterocycles. The van der Waals surface area contributed by atoms with Gasteiger partial charge in [0, 0.05) is 12.1 Å². The van der Waals surface area contributed by atoms with Gasteiger partial charge in [0.2, 0.25) is 0 Å². The van der Waals surface area contributed by atoms with Gasteiger partial charge >= 0.3 is 5.97 Å². The molecule has 1 rings (SSSR count). The highest BCUT2D eigenvalue weighted by molar-refractivity contribution is 5.94. The molecular weight excluding hydrogens is 246 g/mol. The summed E-state index contributed by atoms with van der Waals surface area (Å²) in [6.07, 6.45) is 0.415. The van der Waals surface area contributed by atoms with Crippen LogP contribution in [0.4, 0.5) is 0 Å². The Morgan fingerprint density at radius 3 is 2.47 bits per heavy atom. The number of carboxylic acid groups (broad SMARTS) is 1. The van der Waals surface area contributed by atoms with Crippen LogP contribution >= 0.6 is 0 Å². The minimum Gasteiger partial charge on any atom is -0.494 e. The summed E-state index contributed by atoms with van der Waals surface area (Å²) in [6.45, 7) is 4.44. The lowest BCUT2D eigenvalue weighted by Gasteiger charge is -2.08. The highest BCUT2D eigenvalue weighted by Gasteiger charge is 2.11. The number of hydrogen-bond donors (Lipinski definition) is 2. The molecule has 0 saturated carbocycles. The minimum absolute atomic E-state index is 0.208. The molecule has 0 aliphatic carbocycles. The molecule has 0 radical (unpaired) electrons. The van der Waals surface area contributed by atoms with E-state index in [-0.39, 0.29) is 5.91 Å². The molecular formula is C14H19NO4. The Labute approximate surface area is 112 Å². The molecule has 1 amide bonds. The minimum atomic E-state index is -0.852. The van der Waals surface area contributed by atoms with E-state index in [0.717, 1.165) is 5.75 Å². The predicted octanol–water partition coefficient (Wildman–Crippen LogP) is 1.93. The van der Waals surface area contributed by atoms with Gasteiger partial charge in [-0.3, -0.25) is 9.59 Å². The number of carboxylic acids is 1. The monoisotopic (exact) mass is 265 g/mol. The van der Waals surface area contributed by atoms with Crippen molar-refractivity contribution in [3.8, 4) is 5.75 Å². The third-order valence-corrected chi connectivity index (χ3v) is 2.71. The molecule has 0 aliphatic heterocycles. The second-order valence-corrected chi connectivity index (χ2v) is 4.24. The van der Waals surface area contributed by atoms with Crippen molar-refractivity contribution in [2.75, 3.05) is 13.2 Å². The van der Waals surface area contributed by atoms with Gasteiger partial charge in [-0.2, -0.15) is 0 Å². The molecule has 1 aromatic carbocycles. The Kier molecular flexibility index (Phi) is 5.85. The Bertz CT molecular complexity index is 428. The van der Waals surface area contributed by atoms with E-state index in [9.17, 15) is 9.59 Å². The van der Waals surface area contributed by atoms with Crippen molar-refractivity contribution >= 4 is 11.9 Å². The molecule has 5 heteroatoms. The van der Waals surface area contributed by atoms with E-state index < -0.39 is 11.9 Å². The van der Waals surface area contributed by atoms with E-state index in [2.05, 4.69) is 5.32 Å². The molecule has 0 fully saturated rings. The predicted molar refractivity (Wildman–Crippen MR) is 71.4 cm³/mol. The lowest BCUT2D eigenvalue weighted by atomic mass is 10.1. The standard InChI is InChI=1S/C14H19NO4/c1-3-19-12-6-4-11(5-7-12)13(16)15-9-8-10(2)14(17)18/h4-7,10H,3,8-9H2,1-2H3,(H,15,16)(H,17,18). The SMILES string of the molecule is CCOc1ccc(C(=O)NCCC(C)C(=O)O)cc1. The van der Waals surface area contributed by atoms with Gasteiger partial charge in [-0.15, -0.1) is 0 Å². The van der Waals surface area contributed by atoms with Gasteiger partial charge in [-0.25, -0.2) is 0 Å². The highest BCUT2D eigenvalue weighted by Crippen LogP contribution is 2.12. The normalized spacial score (nSPS) is 11.7. The van der Waals surface area contributed by atoms with Gasteiger partial charge in [-0.05, 0) is 37.6 Å². The van der Waals surface area contributed by atoms with E-state index in [0.29, 0.717) is 25.1 Å². The second-order valence-electron chi connectivity index (χ2n) is 4.24. The maximum absolute atomic E-state index is 11.8. The second kappa shape index (κ2) is 7.41. The van der Waals surface area contributed by atoms with Crippen LogP contribution in [0.5, 0.6) is 5.75 Å². The van der Waals surface area contributed by atoms with E-state index in [4.69, 9.17) is 9.84 Å². The maximum Gasteiger partial charge on any atom is 0.306 e. The third-order valence-electron chi connectivity index (χ3n) is 2.71. The first-order chi connectivity index (χ1) is 9.04. The van der Waals surface area contributed by atoms with E-state index in [1.54, 1.807) is 31.2 Å². The zero-order valence-corrected chi connectivity index (χ0v) is 11.2. The first-order valence-electron chi connectivity index (χ1n) is 6.28. The van der Waals surface area contributed by atoms with Crippen LogP contribution in [-0.2, 0) is 4.79 Å². The molecule has 104 valence electrons. The molecule has 2 N–H and O–H groups in total. The Morgan fingerprint density at radius 2 is 1.95 bits per heavy atom. The highest BCUT2D eigenvalue weighted by atomic mass is 16.5. The summed E-state index contributed by atoms with van der Waals surface area (Å²) in [4.78, 5) is 22.4. The van der Waals surface area contributed by atoms with Gasteiger partial charge in [0.25, 0.3) is 5.91 Å². The fourth-order valence-electron chi connectivity index (χ4n) is 1.50. The quantitative estimate of drug-likeness (QED) is 0.789. The largest absolute Gasteiger partial charge is 0.494 e. The molecule has 19 heavy (non-hydrogen) atoms. The van der Waals surface area contributed by atoms with Crippen molar-refractivity contribution in [3.05, 3.63) is 29.8 Å². The van der Waals surface area contributed by atoms with Gasteiger partial charge in [0.15, 0.2) is 0 Å². The van der Waals surface area contributed by atoms with Crippen LogP contribution in [0.15, 0.2) is 24.3 Å². The van der Waals surface area contributed by atoms with E-state index >= 15 is 0 Å². The summed E-state index contributed by atoms with van der Waals surface area (Å²) in [5.74, 6) is -0.796. The van der Waals surface area contributed by atoms with E-state index in [1.807, 2.05) is 6.92 Å². The third kappa shape index (κ3) is 4.99.